The lowest BCUT2D eigenvalue weighted by molar-refractivity contribution is -0.0328. The van der Waals surface area contributed by atoms with Crippen molar-refractivity contribution in [1.82, 2.24) is 15.1 Å². The van der Waals surface area contributed by atoms with Gasteiger partial charge in [0.2, 0.25) is 0 Å². The first-order chi connectivity index (χ1) is 8.74. The van der Waals surface area contributed by atoms with Crippen molar-refractivity contribution >= 4 is 0 Å². The molecular formula is C14H29N3O. The van der Waals surface area contributed by atoms with Crippen LogP contribution in [0.5, 0.6) is 0 Å². The van der Waals surface area contributed by atoms with Gasteiger partial charge in [0.05, 0.1) is 12.7 Å². The summed E-state index contributed by atoms with van der Waals surface area (Å²) in [5, 5.41) is 3.62. The molecule has 18 heavy (non-hydrogen) atoms. The molecule has 0 aromatic rings. The van der Waals surface area contributed by atoms with Gasteiger partial charge < -0.3 is 19.9 Å². The third-order valence-corrected chi connectivity index (χ3v) is 4.13. The van der Waals surface area contributed by atoms with E-state index in [1.54, 1.807) is 0 Å². The maximum atomic E-state index is 5.81. The van der Waals surface area contributed by atoms with Crippen LogP contribution in [-0.4, -0.2) is 75.4 Å². The lowest BCUT2D eigenvalue weighted by atomic mass is 10.0. The molecule has 106 valence electrons. The number of likely N-dealkylation sites (N-methyl/N-ethyl adjacent to an activating group) is 2. The highest BCUT2D eigenvalue weighted by Crippen LogP contribution is 2.11. The summed E-state index contributed by atoms with van der Waals surface area (Å²) in [4.78, 5) is 4.80. The lowest BCUT2D eigenvalue weighted by Gasteiger charge is -2.33. The van der Waals surface area contributed by atoms with E-state index in [1.807, 2.05) is 0 Å². The van der Waals surface area contributed by atoms with Crippen LogP contribution in [0, 0.1) is 0 Å². The molecule has 0 saturated carbocycles. The Morgan fingerprint density at radius 3 is 3.00 bits per heavy atom. The Labute approximate surface area is 112 Å². The van der Waals surface area contributed by atoms with E-state index in [4.69, 9.17) is 4.74 Å². The van der Waals surface area contributed by atoms with E-state index in [-0.39, 0.29) is 0 Å². The molecule has 0 radical (unpaired) electrons. The van der Waals surface area contributed by atoms with E-state index in [1.165, 1.54) is 38.8 Å². The predicted molar refractivity (Wildman–Crippen MR) is 75.0 cm³/mol. The molecule has 0 amide bonds. The number of ether oxygens (including phenoxy) is 1. The minimum atomic E-state index is 0.396. The molecule has 2 heterocycles. The van der Waals surface area contributed by atoms with Crippen molar-refractivity contribution in [3.05, 3.63) is 0 Å². The first-order valence-corrected chi connectivity index (χ1v) is 7.46. The van der Waals surface area contributed by atoms with Gasteiger partial charge in [-0.15, -0.1) is 0 Å². The van der Waals surface area contributed by atoms with Gasteiger partial charge in [-0.3, -0.25) is 0 Å². The maximum absolute atomic E-state index is 5.81. The smallest absolute Gasteiger partial charge is 0.0829 e. The molecule has 2 unspecified atom stereocenters. The van der Waals surface area contributed by atoms with Crippen LogP contribution in [0.25, 0.3) is 0 Å². The van der Waals surface area contributed by atoms with E-state index in [0.29, 0.717) is 6.10 Å². The zero-order valence-electron chi connectivity index (χ0n) is 12.0. The molecule has 2 fully saturated rings. The molecule has 0 aromatic carbocycles. The Morgan fingerprint density at radius 1 is 1.39 bits per heavy atom. The van der Waals surface area contributed by atoms with Gasteiger partial charge in [-0.05, 0) is 46.4 Å². The van der Waals surface area contributed by atoms with Crippen LogP contribution in [0.15, 0.2) is 0 Å². The summed E-state index contributed by atoms with van der Waals surface area (Å²) in [7, 11) is 4.41. The van der Waals surface area contributed by atoms with Crippen molar-refractivity contribution in [2.24, 2.45) is 0 Å². The first-order valence-electron chi connectivity index (χ1n) is 7.46. The average Bonchev–Trinajstić information content (AvgIpc) is 2.38. The quantitative estimate of drug-likeness (QED) is 0.786. The summed E-state index contributed by atoms with van der Waals surface area (Å²) >= 11 is 0. The largest absolute Gasteiger partial charge is 0.374 e. The Kier molecular flexibility index (Phi) is 5.89. The van der Waals surface area contributed by atoms with Crippen molar-refractivity contribution in [3.8, 4) is 0 Å². The zero-order chi connectivity index (χ0) is 12.8. The van der Waals surface area contributed by atoms with Crippen LogP contribution in [0.2, 0.25) is 0 Å². The van der Waals surface area contributed by atoms with E-state index in [9.17, 15) is 0 Å². The van der Waals surface area contributed by atoms with Gasteiger partial charge in [-0.1, -0.05) is 6.42 Å². The first kappa shape index (κ1) is 14.3. The average molecular weight is 255 g/mol. The second-order valence-electron chi connectivity index (χ2n) is 5.95. The van der Waals surface area contributed by atoms with Gasteiger partial charge in [0.15, 0.2) is 0 Å². The molecule has 2 aliphatic heterocycles. The Bertz CT molecular complexity index is 231. The number of nitrogens with zero attached hydrogens (tertiary/aromatic N) is 2. The minimum Gasteiger partial charge on any atom is -0.374 e. The standard InChI is InChI=1S/C14H29N3O/c1-16(8-6-13-5-3-4-7-15-13)11-14-12-17(2)9-10-18-14/h13-15H,3-12H2,1-2H3. The van der Waals surface area contributed by atoms with Crippen molar-refractivity contribution < 1.29 is 4.74 Å². The summed E-state index contributed by atoms with van der Waals surface area (Å²) in [6.07, 6.45) is 5.79. The van der Waals surface area contributed by atoms with Crippen LogP contribution >= 0.6 is 0 Å². The van der Waals surface area contributed by atoms with Crippen molar-refractivity contribution in [1.29, 1.82) is 0 Å². The van der Waals surface area contributed by atoms with Gasteiger partial charge in [0, 0.05) is 25.7 Å². The molecule has 1 N–H and O–H groups in total. The van der Waals surface area contributed by atoms with Crippen LogP contribution < -0.4 is 5.32 Å². The highest BCUT2D eigenvalue weighted by Gasteiger charge is 2.20. The number of morpholine rings is 1. The van der Waals surface area contributed by atoms with Crippen molar-refractivity contribution in [2.75, 3.05) is 53.4 Å². The van der Waals surface area contributed by atoms with Crippen LogP contribution in [-0.2, 0) is 4.74 Å². The number of rotatable bonds is 5. The van der Waals surface area contributed by atoms with Gasteiger partial charge in [0.1, 0.15) is 0 Å². The Balaban J connectivity index is 1.60. The predicted octanol–water partition coefficient (Wildman–Crippen LogP) is 0.781. The third kappa shape index (κ3) is 4.84. The highest BCUT2D eigenvalue weighted by atomic mass is 16.5. The SMILES string of the molecule is CN1CCOC(CN(C)CCC2CCCCN2)C1. The molecule has 4 heteroatoms. The molecule has 2 aliphatic rings. The Morgan fingerprint density at radius 2 is 2.28 bits per heavy atom. The summed E-state index contributed by atoms with van der Waals surface area (Å²) in [6.45, 7) is 6.50. The summed E-state index contributed by atoms with van der Waals surface area (Å²) < 4.78 is 5.81. The minimum absolute atomic E-state index is 0.396. The molecule has 0 spiro atoms. The molecule has 2 saturated heterocycles. The van der Waals surface area contributed by atoms with Gasteiger partial charge in [0.25, 0.3) is 0 Å². The molecule has 0 aromatic heterocycles. The molecule has 0 aliphatic carbocycles. The number of hydrogen-bond donors (Lipinski definition) is 1. The molecule has 0 bridgehead atoms. The van der Waals surface area contributed by atoms with E-state index >= 15 is 0 Å². The second kappa shape index (κ2) is 7.43. The van der Waals surface area contributed by atoms with Crippen LogP contribution in [0.3, 0.4) is 0 Å². The highest BCUT2D eigenvalue weighted by molar-refractivity contribution is 4.75. The van der Waals surface area contributed by atoms with Crippen LogP contribution in [0.1, 0.15) is 25.7 Å². The van der Waals surface area contributed by atoms with Gasteiger partial charge in [-0.2, -0.15) is 0 Å². The van der Waals surface area contributed by atoms with E-state index < -0.39 is 0 Å². The number of nitrogens with one attached hydrogen (secondary N) is 1. The lowest BCUT2D eigenvalue weighted by Crippen LogP contribution is -2.46. The summed E-state index contributed by atoms with van der Waals surface area (Å²) in [6, 6.07) is 0.746. The number of hydrogen-bond acceptors (Lipinski definition) is 4. The molecular weight excluding hydrogens is 226 g/mol. The van der Waals surface area contributed by atoms with Gasteiger partial charge >= 0.3 is 0 Å². The van der Waals surface area contributed by atoms with E-state index in [0.717, 1.165) is 32.3 Å². The fraction of sp³-hybridized carbons (Fsp3) is 1.00. The topological polar surface area (TPSA) is 27.7 Å². The third-order valence-electron chi connectivity index (χ3n) is 4.13. The molecule has 4 nitrogen and oxygen atoms in total. The zero-order valence-corrected chi connectivity index (χ0v) is 12.0. The van der Waals surface area contributed by atoms with E-state index in [2.05, 4.69) is 29.2 Å². The summed E-state index contributed by atoms with van der Waals surface area (Å²) in [5.74, 6) is 0. The number of piperidine rings is 1. The molecule has 2 rings (SSSR count). The van der Waals surface area contributed by atoms with Crippen molar-refractivity contribution in [2.45, 2.75) is 37.8 Å². The second-order valence-corrected chi connectivity index (χ2v) is 5.95. The molecule has 2 atom stereocenters. The fourth-order valence-electron chi connectivity index (χ4n) is 2.96. The fourth-order valence-corrected chi connectivity index (χ4v) is 2.96. The monoisotopic (exact) mass is 255 g/mol. The van der Waals surface area contributed by atoms with Gasteiger partial charge in [-0.25, -0.2) is 0 Å². The normalized spacial score (nSPS) is 30.8. The van der Waals surface area contributed by atoms with Crippen LogP contribution in [0.4, 0.5) is 0 Å². The maximum Gasteiger partial charge on any atom is 0.0829 e. The Hall–Kier alpha value is -0.160. The summed E-state index contributed by atoms with van der Waals surface area (Å²) in [5.41, 5.74) is 0. The van der Waals surface area contributed by atoms with Crippen molar-refractivity contribution in [3.63, 3.8) is 0 Å².